The zero-order valence-electron chi connectivity index (χ0n) is 14.4. The Kier molecular flexibility index (Phi) is 4.39. The van der Waals surface area contributed by atoms with Crippen LogP contribution >= 0.6 is 11.6 Å². The Morgan fingerprint density at radius 3 is 2.69 bits per heavy atom. The van der Waals surface area contributed by atoms with Crippen LogP contribution in [0.3, 0.4) is 0 Å². The number of carbonyl (C=O) groups excluding carboxylic acids is 1. The molecule has 6 heteroatoms. The highest BCUT2D eigenvalue weighted by atomic mass is 35.5. The molecule has 5 nitrogen and oxygen atoms in total. The van der Waals surface area contributed by atoms with Gasteiger partial charge in [-0.2, -0.15) is 5.10 Å². The average molecular weight is 367 g/mol. The quantitative estimate of drug-likeness (QED) is 0.737. The van der Waals surface area contributed by atoms with E-state index < -0.39 is 0 Å². The van der Waals surface area contributed by atoms with Crippen LogP contribution < -0.4 is 5.32 Å². The van der Waals surface area contributed by atoms with Gasteiger partial charge in [-0.1, -0.05) is 35.9 Å². The van der Waals surface area contributed by atoms with Gasteiger partial charge in [-0.05, 0) is 41.0 Å². The lowest BCUT2D eigenvalue weighted by Gasteiger charge is -2.34. The van der Waals surface area contributed by atoms with Crippen molar-refractivity contribution in [3.05, 3.63) is 82.6 Å². The maximum atomic E-state index is 12.8. The SMILES string of the molecule is Cn1cc(C2CN(C(=O)Nc3ccc(Cl)cc3)Cc3ccccc32)cn1. The van der Waals surface area contributed by atoms with E-state index in [2.05, 4.69) is 22.5 Å². The summed E-state index contributed by atoms with van der Waals surface area (Å²) in [6.45, 7) is 1.20. The number of halogens is 1. The van der Waals surface area contributed by atoms with Gasteiger partial charge in [-0.15, -0.1) is 0 Å². The normalized spacial score (nSPS) is 16.2. The van der Waals surface area contributed by atoms with Crippen LogP contribution in [0.15, 0.2) is 60.9 Å². The molecule has 0 fully saturated rings. The lowest BCUT2D eigenvalue weighted by molar-refractivity contribution is 0.203. The molecule has 132 valence electrons. The summed E-state index contributed by atoms with van der Waals surface area (Å²) in [5.74, 6) is 0.115. The lowest BCUT2D eigenvalue weighted by atomic mass is 9.86. The second-order valence-electron chi connectivity index (χ2n) is 6.52. The monoisotopic (exact) mass is 366 g/mol. The number of urea groups is 1. The minimum Gasteiger partial charge on any atom is -0.319 e. The molecule has 0 bridgehead atoms. The Bertz CT molecular complexity index is 935. The number of carbonyl (C=O) groups is 1. The Labute approximate surface area is 157 Å². The standard InChI is InChI=1S/C20H19ClN4O/c1-24-11-15(10-22-24)19-13-25(12-14-4-2-3-5-18(14)19)20(26)23-17-8-6-16(21)7-9-17/h2-11,19H,12-13H2,1H3,(H,23,26). The summed E-state index contributed by atoms with van der Waals surface area (Å²) in [5.41, 5.74) is 4.27. The van der Waals surface area contributed by atoms with E-state index in [0.717, 1.165) is 11.3 Å². The number of nitrogens with one attached hydrogen (secondary N) is 1. The second-order valence-corrected chi connectivity index (χ2v) is 6.95. The highest BCUT2D eigenvalue weighted by molar-refractivity contribution is 6.30. The average Bonchev–Trinajstić information content (AvgIpc) is 3.09. The number of aromatic nitrogens is 2. The third kappa shape index (κ3) is 3.30. The first-order valence-corrected chi connectivity index (χ1v) is 8.86. The fourth-order valence-electron chi connectivity index (χ4n) is 3.40. The molecule has 1 aliphatic heterocycles. The van der Waals surface area contributed by atoms with Gasteiger partial charge in [-0.3, -0.25) is 4.68 Å². The van der Waals surface area contributed by atoms with E-state index in [-0.39, 0.29) is 11.9 Å². The van der Waals surface area contributed by atoms with E-state index >= 15 is 0 Å². The number of aryl methyl sites for hydroxylation is 1. The third-order valence-electron chi connectivity index (χ3n) is 4.70. The summed E-state index contributed by atoms with van der Waals surface area (Å²) < 4.78 is 1.80. The van der Waals surface area contributed by atoms with Crippen molar-refractivity contribution in [1.82, 2.24) is 14.7 Å². The molecule has 1 aliphatic rings. The molecular weight excluding hydrogens is 348 g/mol. The number of hydrogen-bond donors (Lipinski definition) is 1. The smallest absolute Gasteiger partial charge is 0.319 e. The second kappa shape index (κ2) is 6.84. The van der Waals surface area contributed by atoms with E-state index in [9.17, 15) is 4.79 Å². The fourth-order valence-corrected chi connectivity index (χ4v) is 3.53. The van der Waals surface area contributed by atoms with Crippen molar-refractivity contribution in [3.8, 4) is 0 Å². The summed E-state index contributed by atoms with van der Waals surface area (Å²) in [5, 5.41) is 7.90. The summed E-state index contributed by atoms with van der Waals surface area (Å²) in [6, 6.07) is 15.3. The van der Waals surface area contributed by atoms with Crippen LogP contribution in [-0.4, -0.2) is 27.3 Å². The van der Waals surface area contributed by atoms with Gasteiger partial charge in [0.15, 0.2) is 0 Å². The van der Waals surface area contributed by atoms with Crippen molar-refractivity contribution in [2.75, 3.05) is 11.9 Å². The third-order valence-corrected chi connectivity index (χ3v) is 4.96. The highest BCUT2D eigenvalue weighted by Gasteiger charge is 2.29. The van der Waals surface area contributed by atoms with Crippen LogP contribution in [0.25, 0.3) is 0 Å². The molecule has 1 aromatic heterocycles. The number of benzene rings is 2. The van der Waals surface area contributed by atoms with E-state index in [1.807, 2.05) is 36.5 Å². The summed E-state index contributed by atoms with van der Waals surface area (Å²) in [6.07, 6.45) is 3.89. The van der Waals surface area contributed by atoms with Gasteiger partial charge in [0.2, 0.25) is 0 Å². The van der Waals surface area contributed by atoms with Gasteiger partial charge in [0, 0.05) is 43.0 Å². The predicted octanol–water partition coefficient (Wildman–Crippen LogP) is 4.25. The Balaban J connectivity index is 1.60. The molecule has 26 heavy (non-hydrogen) atoms. The van der Waals surface area contributed by atoms with Crippen LogP contribution in [0.2, 0.25) is 5.02 Å². The molecule has 2 amide bonds. The molecule has 0 spiro atoms. The first-order chi connectivity index (χ1) is 12.6. The van der Waals surface area contributed by atoms with E-state index in [1.54, 1.807) is 28.9 Å². The van der Waals surface area contributed by atoms with Crippen LogP contribution in [0, 0.1) is 0 Å². The fraction of sp³-hybridized carbons (Fsp3) is 0.200. The molecule has 1 N–H and O–H groups in total. The van der Waals surface area contributed by atoms with Gasteiger partial charge in [0.25, 0.3) is 0 Å². The van der Waals surface area contributed by atoms with Crippen LogP contribution in [0.4, 0.5) is 10.5 Å². The molecule has 3 aromatic rings. The Morgan fingerprint density at radius 2 is 1.96 bits per heavy atom. The largest absolute Gasteiger partial charge is 0.322 e. The van der Waals surface area contributed by atoms with Crippen molar-refractivity contribution < 1.29 is 4.79 Å². The minimum atomic E-state index is -0.115. The maximum Gasteiger partial charge on any atom is 0.322 e. The molecule has 2 heterocycles. The van der Waals surface area contributed by atoms with Crippen LogP contribution in [-0.2, 0) is 13.6 Å². The lowest BCUT2D eigenvalue weighted by Crippen LogP contribution is -2.41. The summed E-state index contributed by atoms with van der Waals surface area (Å²) in [4.78, 5) is 14.6. The van der Waals surface area contributed by atoms with Gasteiger partial charge < -0.3 is 10.2 Å². The molecule has 2 aromatic carbocycles. The predicted molar refractivity (Wildman–Crippen MR) is 102 cm³/mol. The molecule has 0 aliphatic carbocycles. The minimum absolute atomic E-state index is 0.115. The number of nitrogens with zero attached hydrogens (tertiary/aromatic N) is 3. The van der Waals surface area contributed by atoms with Gasteiger partial charge in [0.1, 0.15) is 0 Å². The molecule has 1 unspecified atom stereocenters. The van der Waals surface area contributed by atoms with Crippen molar-refractivity contribution in [1.29, 1.82) is 0 Å². The van der Waals surface area contributed by atoms with Crippen molar-refractivity contribution in [3.63, 3.8) is 0 Å². The molecule has 0 radical (unpaired) electrons. The van der Waals surface area contributed by atoms with Crippen LogP contribution in [0.1, 0.15) is 22.6 Å². The number of hydrogen-bond acceptors (Lipinski definition) is 2. The van der Waals surface area contributed by atoms with E-state index in [4.69, 9.17) is 11.6 Å². The molecular formula is C20H19ClN4O. The van der Waals surface area contributed by atoms with Crippen molar-refractivity contribution in [2.24, 2.45) is 7.05 Å². The Morgan fingerprint density at radius 1 is 1.19 bits per heavy atom. The van der Waals surface area contributed by atoms with E-state index in [1.165, 1.54) is 11.1 Å². The highest BCUT2D eigenvalue weighted by Crippen LogP contribution is 2.33. The number of amides is 2. The van der Waals surface area contributed by atoms with Crippen molar-refractivity contribution in [2.45, 2.75) is 12.5 Å². The molecule has 0 saturated carbocycles. The van der Waals surface area contributed by atoms with Gasteiger partial charge in [0.05, 0.1) is 6.20 Å². The van der Waals surface area contributed by atoms with Gasteiger partial charge in [-0.25, -0.2) is 4.79 Å². The maximum absolute atomic E-state index is 12.8. The number of rotatable bonds is 2. The molecule has 0 saturated heterocycles. The molecule has 1 atom stereocenters. The first kappa shape index (κ1) is 16.7. The number of fused-ring (bicyclic) bond motifs is 1. The van der Waals surface area contributed by atoms with E-state index in [0.29, 0.717) is 18.1 Å². The summed E-state index contributed by atoms with van der Waals surface area (Å²) in [7, 11) is 1.91. The van der Waals surface area contributed by atoms with Crippen LogP contribution in [0.5, 0.6) is 0 Å². The van der Waals surface area contributed by atoms with Crippen molar-refractivity contribution >= 4 is 23.3 Å². The first-order valence-electron chi connectivity index (χ1n) is 8.48. The summed E-state index contributed by atoms with van der Waals surface area (Å²) >= 11 is 5.91. The number of anilines is 1. The molecule has 4 rings (SSSR count). The van der Waals surface area contributed by atoms with Gasteiger partial charge >= 0.3 is 6.03 Å². The Hall–Kier alpha value is -2.79. The topological polar surface area (TPSA) is 50.2 Å². The zero-order chi connectivity index (χ0) is 18.1. The zero-order valence-corrected chi connectivity index (χ0v) is 15.1.